The van der Waals surface area contributed by atoms with Crippen LogP contribution in [0.2, 0.25) is 0 Å². The van der Waals surface area contributed by atoms with Crippen LogP contribution in [0.4, 0.5) is 14.6 Å². The number of halogens is 2. The lowest BCUT2D eigenvalue weighted by molar-refractivity contribution is 0.122. The average molecular weight is 617 g/mol. The molecule has 1 saturated carbocycles. The number of alkyl halides is 2. The number of morpholine rings is 1. The van der Waals surface area contributed by atoms with Crippen LogP contribution in [0, 0.1) is 11.3 Å². The fraction of sp³-hybridized carbons (Fsp3) is 0.645. The third kappa shape index (κ3) is 7.17. The number of para-hydroxylation sites is 2. The van der Waals surface area contributed by atoms with Crippen LogP contribution >= 0.6 is 0 Å². The Morgan fingerprint density at radius 3 is 2.42 bits per heavy atom. The number of fused-ring (bicyclic) bond motifs is 1. The molecule has 2 aromatic heterocycles. The molecular formula is C31H42F2N6O3S. The number of nitrogens with zero attached hydrogens (tertiary/aromatic N) is 6. The molecule has 6 rings (SSSR count). The Balaban J connectivity index is 1.14. The number of imidazole rings is 1. The molecule has 0 amide bonds. The molecule has 0 unspecified atom stereocenters. The van der Waals surface area contributed by atoms with Crippen molar-refractivity contribution in [3.63, 3.8) is 0 Å². The lowest BCUT2D eigenvalue weighted by Crippen LogP contribution is -2.43. The van der Waals surface area contributed by atoms with Crippen molar-refractivity contribution in [2.24, 2.45) is 11.3 Å². The molecule has 9 nitrogen and oxygen atoms in total. The normalized spacial score (nSPS) is 25.0. The molecule has 0 bridgehead atoms. The van der Waals surface area contributed by atoms with E-state index in [-0.39, 0.29) is 22.7 Å². The molecule has 4 heterocycles. The number of hydrogen-bond donors (Lipinski definition) is 0. The first-order valence-electron chi connectivity index (χ1n) is 15.6. The fourth-order valence-electron chi connectivity index (χ4n) is 6.86. The van der Waals surface area contributed by atoms with Gasteiger partial charge in [0.1, 0.15) is 17.5 Å². The van der Waals surface area contributed by atoms with Crippen LogP contribution in [0.3, 0.4) is 0 Å². The molecule has 1 aromatic carbocycles. The molecule has 234 valence electrons. The lowest BCUT2D eigenvalue weighted by Gasteiger charge is -2.39. The zero-order chi connectivity index (χ0) is 30.0. The number of sulfone groups is 1. The molecule has 1 aliphatic carbocycles. The third-order valence-corrected chi connectivity index (χ3v) is 11.1. The van der Waals surface area contributed by atoms with Crippen molar-refractivity contribution in [3.8, 4) is 5.82 Å². The molecule has 3 fully saturated rings. The van der Waals surface area contributed by atoms with Crippen LogP contribution in [-0.4, -0.2) is 90.3 Å². The van der Waals surface area contributed by atoms with Gasteiger partial charge in [-0.3, -0.25) is 4.57 Å². The summed E-state index contributed by atoms with van der Waals surface area (Å²) in [6, 6.07) is 8.97. The maximum Gasteiger partial charge on any atom is 0.296 e. The van der Waals surface area contributed by atoms with Gasteiger partial charge in [-0.2, -0.15) is 0 Å². The standard InChI is InChI=1S/C31H42F2N6O3S/c1-31(11-8-23(9-12-31)22-37-15-19-43(40,41)20-16-37)10-4-7-26-35-27(38-13-17-42-18-14-38)21-28(36-26)39-25-6-3-2-5-24(25)34-30(39)29(32)33/h2-3,5-6,21,23,29H,4,7-20,22H2,1H3. The Kier molecular flexibility index (Phi) is 8.98. The van der Waals surface area contributed by atoms with E-state index in [1.54, 1.807) is 24.3 Å². The molecule has 3 aliphatic rings. The SMILES string of the molecule is CC1(CCCc2nc(N3CCOCC3)cc(-n3c(C(F)F)nc4ccccc43)n2)CCC(CN2CCS(=O)(=O)CC2)CC1. The number of hydrogen-bond acceptors (Lipinski definition) is 8. The van der Waals surface area contributed by atoms with Crippen LogP contribution in [0.5, 0.6) is 0 Å². The molecule has 2 aliphatic heterocycles. The summed E-state index contributed by atoms with van der Waals surface area (Å²) < 4.78 is 58.9. The quantitative estimate of drug-likeness (QED) is 0.337. The highest BCUT2D eigenvalue weighted by atomic mass is 32.2. The second-order valence-corrected chi connectivity index (χ2v) is 15.1. The summed E-state index contributed by atoms with van der Waals surface area (Å²) >= 11 is 0. The van der Waals surface area contributed by atoms with Crippen LogP contribution in [-0.2, 0) is 21.0 Å². The molecule has 12 heteroatoms. The minimum absolute atomic E-state index is 0.246. The predicted molar refractivity (Wildman–Crippen MR) is 163 cm³/mol. The van der Waals surface area contributed by atoms with E-state index < -0.39 is 16.3 Å². The topological polar surface area (TPSA) is 93.5 Å². The van der Waals surface area contributed by atoms with Crippen molar-refractivity contribution in [3.05, 3.63) is 42.0 Å². The Morgan fingerprint density at radius 1 is 1.00 bits per heavy atom. The molecule has 0 spiro atoms. The number of rotatable bonds is 9. The van der Waals surface area contributed by atoms with Crippen LogP contribution < -0.4 is 4.90 Å². The first-order valence-corrected chi connectivity index (χ1v) is 17.4. The van der Waals surface area contributed by atoms with Gasteiger partial charge in [0.15, 0.2) is 15.7 Å². The summed E-state index contributed by atoms with van der Waals surface area (Å²) in [4.78, 5) is 18.4. The van der Waals surface area contributed by atoms with Gasteiger partial charge in [0.2, 0.25) is 0 Å². The molecule has 3 aromatic rings. The first-order chi connectivity index (χ1) is 20.7. The maximum absolute atomic E-state index is 14.2. The van der Waals surface area contributed by atoms with Gasteiger partial charge in [-0.25, -0.2) is 32.2 Å². The van der Waals surface area contributed by atoms with Crippen molar-refractivity contribution < 1.29 is 21.9 Å². The minimum atomic E-state index is -2.85. The highest BCUT2D eigenvalue weighted by molar-refractivity contribution is 7.91. The lowest BCUT2D eigenvalue weighted by atomic mass is 9.69. The van der Waals surface area contributed by atoms with Gasteiger partial charge in [0.25, 0.3) is 6.43 Å². The van der Waals surface area contributed by atoms with Crippen molar-refractivity contribution in [1.82, 2.24) is 24.4 Å². The van der Waals surface area contributed by atoms with Crippen LogP contribution in [0.25, 0.3) is 16.9 Å². The van der Waals surface area contributed by atoms with Gasteiger partial charge in [-0.1, -0.05) is 19.1 Å². The Labute approximate surface area is 252 Å². The van der Waals surface area contributed by atoms with Crippen LogP contribution in [0.15, 0.2) is 30.3 Å². The van der Waals surface area contributed by atoms with E-state index in [1.807, 2.05) is 6.07 Å². The summed E-state index contributed by atoms with van der Waals surface area (Å²) in [5.41, 5.74) is 1.36. The number of aromatic nitrogens is 4. The summed E-state index contributed by atoms with van der Waals surface area (Å²) in [5, 5.41) is 0. The van der Waals surface area contributed by atoms with Crippen molar-refractivity contribution in [2.75, 3.05) is 62.3 Å². The zero-order valence-electron chi connectivity index (χ0n) is 24.9. The zero-order valence-corrected chi connectivity index (χ0v) is 25.7. The smallest absolute Gasteiger partial charge is 0.296 e. The number of aryl methyl sites for hydroxylation is 1. The summed E-state index contributed by atoms with van der Waals surface area (Å²) in [7, 11) is -2.85. The average Bonchev–Trinajstić information content (AvgIpc) is 3.40. The van der Waals surface area contributed by atoms with E-state index in [0.717, 1.165) is 50.9 Å². The summed E-state index contributed by atoms with van der Waals surface area (Å²) in [6.45, 7) is 7.27. The largest absolute Gasteiger partial charge is 0.378 e. The molecule has 0 N–H and O–H groups in total. The Hall–Kier alpha value is -2.70. The second-order valence-electron chi connectivity index (χ2n) is 12.8. The number of anilines is 1. The van der Waals surface area contributed by atoms with E-state index in [2.05, 4.69) is 21.7 Å². The Morgan fingerprint density at radius 2 is 1.70 bits per heavy atom. The third-order valence-electron chi connectivity index (χ3n) is 9.54. The molecule has 0 radical (unpaired) electrons. The number of benzene rings is 1. The van der Waals surface area contributed by atoms with Gasteiger partial charge in [-0.15, -0.1) is 0 Å². The molecule has 43 heavy (non-hydrogen) atoms. The first kappa shape index (κ1) is 30.3. The van der Waals surface area contributed by atoms with Crippen molar-refractivity contribution in [2.45, 2.75) is 58.3 Å². The van der Waals surface area contributed by atoms with Gasteiger partial charge in [-0.05, 0) is 62.0 Å². The van der Waals surface area contributed by atoms with Gasteiger partial charge < -0.3 is 14.5 Å². The molecule has 0 atom stereocenters. The van der Waals surface area contributed by atoms with E-state index >= 15 is 0 Å². The van der Waals surface area contributed by atoms with E-state index in [9.17, 15) is 17.2 Å². The van der Waals surface area contributed by atoms with Gasteiger partial charge >= 0.3 is 0 Å². The number of ether oxygens (including phenoxy) is 1. The molecular weight excluding hydrogens is 574 g/mol. The summed E-state index contributed by atoms with van der Waals surface area (Å²) in [6.07, 6.45) is 4.54. The van der Waals surface area contributed by atoms with Crippen molar-refractivity contribution in [1.29, 1.82) is 0 Å². The summed E-state index contributed by atoms with van der Waals surface area (Å²) in [5.74, 6) is 2.71. The second kappa shape index (κ2) is 12.7. The van der Waals surface area contributed by atoms with Gasteiger partial charge in [0.05, 0.1) is 35.8 Å². The Bertz CT molecular complexity index is 1500. The van der Waals surface area contributed by atoms with E-state index in [0.29, 0.717) is 74.4 Å². The minimum Gasteiger partial charge on any atom is -0.378 e. The van der Waals surface area contributed by atoms with E-state index in [4.69, 9.17) is 14.7 Å². The van der Waals surface area contributed by atoms with Crippen LogP contribution in [0.1, 0.15) is 63.5 Å². The highest BCUT2D eigenvalue weighted by Crippen LogP contribution is 2.42. The monoisotopic (exact) mass is 616 g/mol. The van der Waals surface area contributed by atoms with Gasteiger partial charge in [0, 0.05) is 45.2 Å². The predicted octanol–water partition coefficient (Wildman–Crippen LogP) is 4.84. The maximum atomic E-state index is 14.2. The van der Waals surface area contributed by atoms with Crippen molar-refractivity contribution >= 4 is 26.7 Å². The van der Waals surface area contributed by atoms with E-state index in [1.165, 1.54) is 4.57 Å². The fourth-order valence-corrected chi connectivity index (χ4v) is 8.14. The highest BCUT2D eigenvalue weighted by Gasteiger charge is 2.32. The molecule has 2 saturated heterocycles.